The number of fused-ring (bicyclic) bond motifs is 1. The smallest absolute Gasteiger partial charge is 0.311 e. The van der Waals surface area contributed by atoms with Gasteiger partial charge in [-0.05, 0) is 42.8 Å². The average Bonchev–Trinajstić information content (AvgIpc) is 2.76. The van der Waals surface area contributed by atoms with E-state index < -0.39 is 0 Å². The largest absolute Gasteiger partial charge is 0.427 e. The molecule has 1 amide bonds. The second-order valence-electron chi connectivity index (χ2n) is 7.39. The van der Waals surface area contributed by atoms with Crippen molar-refractivity contribution in [1.29, 1.82) is 0 Å². The van der Waals surface area contributed by atoms with Crippen molar-refractivity contribution in [1.82, 2.24) is 4.98 Å². The highest BCUT2D eigenvalue weighted by molar-refractivity contribution is 6.05. The number of esters is 1. The van der Waals surface area contributed by atoms with E-state index in [0.29, 0.717) is 23.4 Å². The summed E-state index contributed by atoms with van der Waals surface area (Å²) in [5.74, 6) is -0.0168. The highest BCUT2D eigenvalue weighted by Crippen LogP contribution is 2.18. The molecule has 1 N–H and O–H groups in total. The van der Waals surface area contributed by atoms with Gasteiger partial charge in [-0.2, -0.15) is 0 Å². The van der Waals surface area contributed by atoms with Gasteiger partial charge in [0.05, 0.1) is 17.4 Å². The standard InChI is InChI=1S/C25H28N2O3/c1-2-3-4-5-6-7-12-24(28)30-22-15-13-19(14-16-22)25(29)27-21-17-20-10-8-9-11-23(20)26-18-21/h8-11,13-18H,2-7,12H2,1H3,(H,27,29). The van der Waals surface area contributed by atoms with Crippen LogP contribution in [0, 0.1) is 0 Å². The zero-order chi connectivity index (χ0) is 21.2. The molecule has 0 aliphatic carbocycles. The monoisotopic (exact) mass is 404 g/mol. The maximum atomic E-state index is 12.5. The SMILES string of the molecule is CCCCCCCCC(=O)Oc1ccc(C(=O)Nc2cnc3ccccc3c2)cc1. The predicted octanol–water partition coefficient (Wildman–Crippen LogP) is 6.14. The van der Waals surface area contributed by atoms with Crippen molar-refractivity contribution in [2.45, 2.75) is 51.9 Å². The van der Waals surface area contributed by atoms with E-state index in [1.165, 1.54) is 19.3 Å². The summed E-state index contributed by atoms with van der Waals surface area (Å²) in [5, 5.41) is 3.81. The molecule has 0 unspecified atom stereocenters. The van der Waals surface area contributed by atoms with Gasteiger partial charge in [0.1, 0.15) is 5.75 Å². The van der Waals surface area contributed by atoms with E-state index in [1.807, 2.05) is 30.3 Å². The first kappa shape index (κ1) is 21.5. The van der Waals surface area contributed by atoms with Crippen molar-refractivity contribution in [3.8, 4) is 5.75 Å². The molecule has 5 heteroatoms. The Kier molecular flexibility index (Phi) is 7.95. The van der Waals surface area contributed by atoms with Crippen LogP contribution in [-0.2, 0) is 4.79 Å². The van der Waals surface area contributed by atoms with Gasteiger partial charge in [0.2, 0.25) is 0 Å². The first-order chi connectivity index (χ1) is 14.7. The van der Waals surface area contributed by atoms with Crippen molar-refractivity contribution >= 4 is 28.5 Å². The maximum absolute atomic E-state index is 12.5. The maximum Gasteiger partial charge on any atom is 0.311 e. The van der Waals surface area contributed by atoms with Crippen LogP contribution >= 0.6 is 0 Å². The van der Waals surface area contributed by atoms with Gasteiger partial charge in [0, 0.05) is 17.4 Å². The Morgan fingerprint density at radius 1 is 0.933 bits per heavy atom. The normalized spacial score (nSPS) is 10.7. The molecule has 156 valence electrons. The van der Waals surface area contributed by atoms with Crippen LogP contribution in [0.3, 0.4) is 0 Å². The molecule has 0 saturated heterocycles. The van der Waals surface area contributed by atoms with Crippen molar-refractivity contribution in [3.63, 3.8) is 0 Å². The Bertz CT molecular complexity index is 983. The van der Waals surface area contributed by atoms with E-state index in [1.54, 1.807) is 30.5 Å². The Morgan fingerprint density at radius 3 is 2.47 bits per heavy atom. The Balaban J connectivity index is 1.48. The lowest BCUT2D eigenvalue weighted by molar-refractivity contribution is -0.134. The Hall–Kier alpha value is -3.21. The van der Waals surface area contributed by atoms with E-state index in [4.69, 9.17) is 4.74 Å². The molecule has 1 aromatic heterocycles. The topological polar surface area (TPSA) is 68.3 Å². The second-order valence-corrected chi connectivity index (χ2v) is 7.39. The number of amides is 1. The van der Waals surface area contributed by atoms with Crippen molar-refractivity contribution in [2.24, 2.45) is 0 Å². The second kappa shape index (κ2) is 11.1. The summed E-state index contributed by atoms with van der Waals surface area (Å²) in [6.07, 6.45) is 8.82. The summed E-state index contributed by atoms with van der Waals surface area (Å²) in [7, 11) is 0. The zero-order valence-corrected chi connectivity index (χ0v) is 17.4. The molecule has 2 aromatic carbocycles. The fourth-order valence-electron chi connectivity index (χ4n) is 3.25. The van der Waals surface area contributed by atoms with Crippen LogP contribution in [0.25, 0.3) is 10.9 Å². The molecule has 0 bridgehead atoms. The quantitative estimate of drug-likeness (QED) is 0.250. The molecular weight excluding hydrogens is 376 g/mol. The summed E-state index contributed by atoms with van der Waals surface area (Å²) in [6.45, 7) is 2.19. The molecule has 0 aliphatic rings. The van der Waals surface area contributed by atoms with E-state index >= 15 is 0 Å². The van der Waals surface area contributed by atoms with Gasteiger partial charge in [-0.1, -0.05) is 57.2 Å². The molecule has 0 fully saturated rings. The summed E-state index contributed by atoms with van der Waals surface area (Å²) in [5.41, 5.74) is 2.00. The number of nitrogens with one attached hydrogen (secondary N) is 1. The van der Waals surface area contributed by atoms with Gasteiger partial charge in [-0.15, -0.1) is 0 Å². The first-order valence-electron chi connectivity index (χ1n) is 10.6. The van der Waals surface area contributed by atoms with Gasteiger partial charge in [0.25, 0.3) is 5.91 Å². The minimum Gasteiger partial charge on any atom is -0.427 e. The molecule has 3 rings (SSSR count). The number of benzene rings is 2. The Morgan fingerprint density at radius 2 is 1.67 bits per heavy atom. The van der Waals surface area contributed by atoms with E-state index in [-0.39, 0.29) is 11.9 Å². The molecule has 3 aromatic rings. The number of aromatic nitrogens is 1. The zero-order valence-electron chi connectivity index (χ0n) is 17.4. The lowest BCUT2D eigenvalue weighted by Crippen LogP contribution is -2.12. The molecule has 0 spiro atoms. The summed E-state index contributed by atoms with van der Waals surface area (Å²) in [4.78, 5) is 28.8. The van der Waals surface area contributed by atoms with Crippen molar-refractivity contribution < 1.29 is 14.3 Å². The number of ether oxygens (including phenoxy) is 1. The van der Waals surface area contributed by atoms with Crippen LogP contribution in [-0.4, -0.2) is 16.9 Å². The fourth-order valence-corrected chi connectivity index (χ4v) is 3.25. The molecule has 0 atom stereocenters. The van der Waals surface area contributed by atoms with Crippen LogP contribution in [0.4, 0.5) is 5.69 Å². The van der Waals surface area contributed by atoms with Gasteiger partial charge >= 0.3 is 5.97 Å². The van der Waals surface area contributed by atoms with Crippen LogP contribution in [0.2, 0.25) is 0 Å². The van der Waals surface area contributed by atoms with E-state index in [2.05, 4.69) is 17.2 Å². The highest BCUT2D eigenvalue weighted by atomic mass is 16.5. The van der Waals surface area contributed by atoms with Crippen LogP contribution < -0.4 is 10.1 Å². The number of pyridine rings is 1. The number of para-hydroxylation sites is 1. The van der Waals surface area contributed by atoms with Crippen molar-refractivity contribution in [2.75, 3.05) is 5.32 Å². The summed E-state index contributed by atoms with van der Waals surface area (Å²) >= 11 is 0. The number of hydrogen-bond acceptors (Lipinski definition) is 4. The fraction of sp³-hybridized carbons (Fsp3) is 0.320. The third kappa shape index (κ3) is 6.41. The van der Waals surface area contributed by atoms with Gasteiger partial charge in [0.15, 0.2) is 0 Å². The first-order valence-corrected chi connectivity index (χ1v) is 10.6. The third-order valence-electron chi connectivity index (χ3n) is 4.93. The number of nitrogens with zero attached hydrogens (tertiary/aromatic N) is 1. The molecule has 0 saturated carbocycles. The number of unbranched alkanes of at least 4 members (excludes halogenated alkanes) is 5. The molecule has 0 aliphatic heterocycles. The molecule has 0 radical (unpaired) electrons. The summed E-state index contributed by atoms with van der Waals surface area (Å²) in [6, 6.07) is 16.2. The predicted molar refractivity (Wildman–Crippen MR) is 120 cm³/mol. The number of hydrogen-bond donors (Lipinski definition) is 1. The molecule has 5 nitrogen and oxygen atoms in total. The number of carbonyl (C=O) groups excluding carboxylic acids is 2. The van der Waals surface area contributed by atoms with Gasteiger partial charge in [-0.3, -0.25) is 14.6 Å². The van der Waals surface area contributed by atoms with Crippen LogP contribution in [0.15, 0.2) is 60.8 Å². The minimum absolute atomic E-state index is 0.232. The molecule has 1 heterocycles. The van der Waals surface area contributed by atoms with Crippen LogP contribution in [0.1, 0.15) is 62.2 Å². The summed E-state index contributed by atoms with van der Waals surface area (Å²) < 4.78 is 5.36. The van der Waals surface area contributed by atoms with E-state index in [0.717, 1.165) is 30.2 Å². The number of rotatable bonds is 10. The van der Waals surface area contributed by atoms with Crippen LogP contribution in [0.5, 0.6) is 5.75 Å². The van der Waals surface area contributed by atoms with E-state index in [9.17, 15) is 9.59 Å². The Labute approximate surface area is 177 Å². The third-order valence-corrected chi connectivity index (χ3v) is 4.93. The van der Waals surface area contributed by atoms with Crippen molar-refractivity contribution in [3.05, 3.63) is 66.4 Å². The molecular formula is C25H28N2O3. The lowest BCUT2D eigenvalue weighted by Gasteiger charge is -2.08. The van der Waals surface area contributed by atoms with Gasteiger partial charge in [-0.25, -0.2) is 0 Å². The minimum atomic E-state index is -0.239. The molecule has 30 heavy (non-hydrogen) atoms. The number of anilines is 1. The highest BCUT2D eigenvalue weighted by Gasteiger charge is 2.09. The lowest BCUT2D eigenvalue weighted by atomic mass is 10.1. The average molecular weight is 405 g/mol. The number of carbonyl (C=O) groups is 2. The van der Waals surface area contributed by atoms with Gasteiger partial charge < -0.3 is 10.1 Å².